The number of alkyl halides is 1. The van der Waals surface area contributed by atoms with Crippen LogP contribution in [0.3, 0.4) is 0 Å². The maximum absolute atomic E-state index is 13.5. The standard InChI is InChI=1S/C12H8Br2ClFS/c13-8(11-6-9(15)12(14)17-11)5-7-3-1-2-4-10(7)16/h1-4,6,8H,5H2. The third kappa shape index (κ3) is 3.31. The molecule has 90 valence electrons. The van der Waals surface area contributed by atoms with Gasteiger partial charge < -0.3 is 0 Å². The van der Waals surface area contributed by atoms with Crippen molar-refractivity contribution in [3.63, 3.8) is 0 Å². The molecule has 0 bridgehead atoms. The number of hydrogen-bond acceptors (Lipinski definition) is 1. The largest absolute Gasteiger partial charge is 0.207 e. The molecule has 0 saturated carbocycles. The topological polar surface area (TPSA) is 0 Å². The Morgan fingerprint density at radius 1 is 1.35 bits per heavy atom. The minimum Gasteiger partial charge on any atom is -0.207 e. The van der Waals surface area contributed by atoms with Gasteiger partial charge in [-0.25, -0.2) is 4.39 Å². The van der Waals surface area contributed by atoms with Gasteiger partial charge in [0.1, 0.15) is 5.82 Å². The molecule has 2 rings (SSSR count). The van der Waals surface area contributed by atoms with Gasteiger partial charge in [0.25, 0.3) is 0 Å². The highest BCUT2D eigenvalue weighted by Crippen LogP contribution is 2.39. The van der Waals surface area contributed by atoms with Crippen LogP contribution in [0.5, 0.6) is 0 Å². The second-order valence-corrected chi connectivity index (χ2v) is 7.45. The van der Waals surface area contributed by atoms with Crippen LogP contribution in [0.25, 0.3) is 0 Å². The molecule has 5 heteroatoms. The quantitative estimate of drug-likeness (QED) is 0.558. The molecule has 1 unspecified atom stereocenters. The molecule has 0 aliphatic heterocycles. The Balaban J connectivity index is 2.17. The zero-order chi connectivity index (χ0) is 12.4. The maximum Gasteiger partial charge on any atom is 0.126 e. The van der Waals surface area contributed by atoms with Crippen LogP contribution in [0.1, 0.15) is 15.3 Å². The summed E-state index contributed by atoms with van der Waals surface area (Å²) in [5.74, 6) is -0.168. The second-order valence-electron chi connectivity index (χ2n) is 3.53. The van der Waals surface area contributed by atoms with Crippen molar-refractivity contribution in [1.29, 1.82) is 0 Å². The molecule has 0 fully saturated rings. The van der Waals surface area contributed by atoms with Crippen LogP contribution in [0, 0.1) is 5.82 Å². The average Bonchev–Trinajstić information content (AvgIpc) is 2.63. The first-order chi connectivity index (χ1) is 8.08. The van der Waals surface area contributed by atoms with E-state index in [1.165, 1.54) is 6.07 Å². The Morgan fingerprint density at radius 3 is 2.65 bits per heavy atom. The summed E-state index contributed by atoms with van der Waals surface area (Å²) in [6, 6.07) is 8.72. The van der Waals surface area contributed by atoms with Gasteiger partial charge in [-0.05, 0) is 40.0 Å². The second kappa shape index (κ2) is 5.83. The van der Waals surface area contributed by atoms with E-state index in [9.17, 15) is 4.39 Å². The molecule has 0 radical (unpaired) electrons. The van der Waals surface area contributed by atoms with E-state index < -0.39 is 0 Å². The summed E-state index contributed by atoms with van der Waals surface area (Å²) < 4.78 is 14.4. The van der Waals surface area contributed by atoms with Crippen molar-refractivity contribution in [2.45, 2.75) is 11.2 Å². The van der Waals surface area contributed by atoms with Gasteiger partial charge in [-0.2, -0.15) is 0 Å². The molecule has 0 aliphatic carbocycles. The highest BCUT2D eigenvalue weighted by Gasteiger charge is 2.15. The molecular weight excluding hydrogens is 390 g/mol. The molecule has 1 heterocycles. The van der Waals surface area contributed by atoms with Crippen molar-refractivity contribution in [3.05, 3.63) is 55.4 Å². The Kier molecular flexibility index (Phi) is 4.64. The van der Waals surface area contributed by atoms with E-state index in [2.05, 4.69) is 31.9 Å². The zero-order valence-electron chi connectivity index (χ0n) is 8.59. The van der Waals surface area contributed by atoms with Gasteiger partial charge >= 0.3 is 0 Å². The predicted octanol–water partition coefficient (Wildman–Crippen LogP) is 5.98. The third-order valence-electron chi connectivity index (χ3n) is 2.33. The van der Waals surface area contributed by atoms with Gasteiger partial charge in [0.15, 0.2) is 0 Å². The van der Waals surface area contributed by atoms with Crippen molar-refractivity contribution in [3.8, 4) is 0 Å². The van der Waals surface area contributed by atoms with Gasteiger partial charge in [-0.15, -0.1) is 11.3 Å². The fraction of sp³-hybridized carbons (Fsp3) is 0.167. The Bertz CT molecular complexity index is 507. The van der Waals surface area contributed by atoms with Gasteiger partial charge in [0.2, 0.25) is 0 Å². The highest BCUT2D eigenvalue weighted by molar-refractivity contribution is 9.11. The summed E-state index contributed by atoms with van der Waals surface area (Å²) in [7, 11) is 0. The molecule has 1 aromatic heterocycles. The van der Waals surface area contributed by atoms with Gasteiger partial charge in [-0.3, -0.25) is 0 Å². The predicted molar refractivity (Wildman–Crippen MR) is 78.8 cm³/mol. The van der Waals surface area contributed by atoms with Crippen LogP contribution in [-0.2, 0) is 6.42 Å². The summed E-state index contributed by atoms with van der Waals surface area (Å²) >= 11 is 14.5. The fourth-order valence-corrected chi connectivity index (χ4v) is 3.96. The van der Waals surface area contributed by atoms with Crippen molar-refractivity contribution in [2.24, 2.45) is 0 Å². The Labute approximate surface area is 125 Å². The SMILES string of the molecule is Fc1ccccc1CC(Br)c1cc(Cl)c(Br)s1. The molecule has 0 saturated heterocycles. The van der Waals surface area contributed by atoms with E-state index in [4.69, 9.17) is 11.6 Å². The molecule has 17 heavy (non-hydrogen) atoms. The van der Waals surface area contributed by atoms with E-state index in [0.717, 1.165) is 8.66 Å². The lowest BCUT2D eigenvalue weighted by molar-refractivity contribution is 0.608. The molecule has 2 aromatic rings. The first-order valence-electron chi connectivity index (χ1n) is 4.90. The summed E-state index contributed by atoms with van der Waals surface area (Å²) in [4.78, 5) is 1.17. The van der Waals surface area contributed by atoms with Crippen molar-refractivity contribution >= 4 is 54.8 Å². The molecular formula is C12H8Br2ClFS. The number of benzene rings is 1. The molecule has 0 amide bonds. The number of hydrogen-bond donors (Lipinski definition) is 0. The lowest BCUT2D eigenvalue weighted by Gasteiger charge is -2.08. The average molecular weight is 399 g/mol. The molecule has 0 spiro atoms. The number of rotatable bonds is 3. The van der Waals surface area contributed by atoms with Crippen LogP contribution in [-0.4, -0.2) is 0 Å². The van der Waals surface area contributed by atoms with Gasteiger partial charge in [0, 0.05) is 4.88 Å². The molecule has 1 aromatic carbocycles. The van der Waals surface area contributed by atoms with E-state index >= 15 is 0 Å². The monoisotopic (exact) mass is 396 g/mol. The van der Waals surface area contributed by atoms with Gasteiger partial charge in [0.05, 0.1) is 13.6 Å². The smallest absolute Gasteiger partial charge is 0.126 e. The van der Waals surface area contributed by atoms with Crippen LogP contribution in [0.2, 0.25) is 5.02 Å². The molecule has 1 atom stereocenters. The highest BCUT2D eigenvalue weighted by atomic mass is 79.9. The Hall–Kier alpha value is 0.1000. The van der Waals surface area contributed by atoms with E-state index in [-0.39, 0.29) is 10.6 Å². The van der Waals surface area contributed by atoms with E-state index in [1.54, 1.807) is 23.5 Å². The zero-order valence-corrected chi connectivity index (χ0v) is 13.3. The minimum atomic E-state index is -0.168. The first kappa shape index (κ1) is 13.5. The summed E-state index contributed by atoms with van der Waals surface area (Å²) in [6.45, 7) is 0. The number of halogens is 4. The number of thiophene rings is 1. The molecule has 0 aliphatic rings. The normalized spacial score (nSPS) is 12.7. The van der Waals surface area contributed by atoms with Crippen molar-refractivity contribution in [1.82, 2.24) is 0 Å². The Morgan fingerprint density at radius 2 is 2.06 bits per heavy atom. The van der Waals surface area contributed by atoms with Crippen molar-refractivity contribution < 1.29 is 4.39 Å². The van der Waals surface area contributed by atoms with Gasteiger partial charge in [-0.1, -0.05) is 45.7 Å². The summed E-state index contributed by atoms with van der Waals surface area (Å²) in [6.07, 6.45) is 0.607. The molecule has 0 N–H and O–H groups in total. The van der Waals surface area contributed by atoms with E-state index in [1.807, 2.05) is 12.1 Å². The van der Waals surface area contributed by atoms with Crippen LogP contribution in [0.15, 0.2) is 34.1 Å². The van der Waals surface area contributed by atoms with Crippen LogP contribution >= 0.6 is 54.8 Å². The fourth-order valence-electron chi connectivity index (χ4n) is 1.48. The van der Waals surface area contributed by atoms with Crippen molar-refractivity contribution in [2.75, 3.05) is 0 Å². The summed E-state index contributed by atoms with van der Waals surface area (Å²) in [5, 5.41) is 0.697. The lowest BCUT2D eigenvalue weighted by Crippen LogP contribution is -1.95. The van der Waals surface area contributed by atoms with Crippen LogP contribution in [0.4, 0.5) is 4.39 Å². The maximum atomic E-state index is 13.5. The summed E-state index contributed by atoms with van der Waals surface area (Å²) in [5.41, 5.74) is 0.704. The van der Waals surface area contributed by atoms with E-state index in [0.29, 0.717) is 17.0 Å². The molecule has 0 nitrogen and oxygen atoms in total. The third-order valence-corrected chi connectivity index (χ3v) is 6.04. The minimum absolute atomic E-state index is 0.0770. The lowest BCUT2D eigenvalue weighted by atomic mass is 10.1. The first-order valence-corrected chi connectivity index (χ1v) is 7.80. The van der Waals surface area contributed by atoms with Crippen LogP contribution < -0.4 is 0 Å².